The van der Waals surface area contributed by atoms with Crippen molar-refractivity contribution in [2.45, 2.75) is 0 Å². The van der Waals surface area contributed by atoms with Gasteiger partial charge < -0.3 is 65.3 Å². The molecule has 99 heavy (non-hydrogen) atoms. The molecule has 10 nitrogen and oxygen atoms in total. The lowest BCUT2D eigenvalue weighted by atomic mass is 10.3. The Morgan fingerprint density at radius 1 is 0.131 bits per heavy atom. The minimum atomic E-state index is -2.92. The predicted octanol–water partition coefficient (Wildman–Crippen LogP) is 1.90. The summed E-state index contributed by atoms with van der Waals surface area (Å²) in [7, 11) is -2.92. The summed E-state index contributed by atoms with van der Waals surface area (Å²) in [5, 5.41) is 25.2. The highest BCUT2D eigenvalue weighted by Crippen LogP contribution is 2.13. The van der Waals surface area contributed by atoms with Crippen LogP contribution in [-0.2, 0) is 0 Å². The third-order valence-corrected chi connectivity index (χ3v) is 14.5. The minimum Gasteiger partial charge on any atom is -1.00 e. The summed E-state index contributed by atoms with van der Waals surface area (Å²) in [6.07, 6.45) is 54.3. The van der Waals surface area contributed by atoms with Gasteiger partial charge in [-0.1, -0.05) is 184 Å². The van der Waals surface area contributed by atoms with Gasteiger partial charge in [0.2, 0.25) is 0 Å². The van der Waals surface area contributed by atoms with E-state index in [4.69, 9.17) is 15.1 Å². The van der Waals surface area contributed by atoms with Crippen molar-refractivity contribution in [1.82, 2.24) is 0 Å². The molecular weight excluding hydrogens is 1240 g/mol. The Kier molecular flexibility index (Phi) is 98.5. The number of rotatable bonds is 56. The second-order valence-corrected chi connectivity index (χ2v) is 22.9. The zero-order valence-corrected chi connectivity index (χ0v) is 62.2. The van der Waals surface area contributed by atoms with Crippen molar-refractivity contribution in [2.75, 3.05) is 183 Å². The van der Waals surface area contributed by atoms with Crippen molar-refractivity contribution in [3.8, 4) is 0 Å². The standard InChI is InChI=1S/7C12H20N.BO3.4FH/c7*1-5-9-13(10-6-2,11-7-3)12-8-4;2-1(3)4;;;;/h7*5-8H,1-4,9-12H2;;4*1H/q7*+1;-3;;;;/p-4. The van der Waals surface area contributed by atoms with E-state index in [2.05, 4.69) is 184 Å². The number of hydrogen-bond acceptors (Lipinski definition) is 3. The molecule has 0 N–H and O–H groups in total. The summed E-state index contributed by atoms with van der Waals surface area (Å²) in [6.45, 7) is 132. The Bertz CT molecular complexity index is 1550. The lowest BCUT2D eigenvalue weighted by Crippen LogP contribution is -3.00. The summed E-state index contributed by atoms with van der Waals surface area (Å²) >= 11 is 0. The Labute approximate surface area is 607 Å². The topological polar surface area (TPSA) is 69.2 Å². The van der Waals surface area contributed by atoms with E-state index in [-0.39, 0.29) is 18.8 Å². The molecule has 0 aliphatic rings. The number of quaternary nitrogens is 7. The van der Waals surface area contributed by atoms with E-state index in [0.29, 0.717) is 0 Å². The van der Waals surface area contributed by atoms with Gasteiger partial charge in [0.25, 0.3) is 0 Å². The van der Waals surface area contributed by atoms with Gasteiger partial charge in [-0.15, -0.1) is 0 Å². The Balaban J connectivity index is -0.0000000877. The lowest BCUT2D eigenvalue weighted by Gasteiger charge is -2.35. The van der Waals surface area contributed by atoms with Crippen LogP contribution in [0.25, 0.3) is 0 Å². The lowest BCUT2D eigenvalue weighted by molar-refractivity contribution is -0.906. The van der Waals surface area contributed by atoms with E-state index in [9.17, 15) is 0 Å². The van der Waals surface area contributed by atoms with Gasteiger partial charge in [-0.25, -0.2) is 0 Å². The van der Waals surface area contributed by atoms with Crippen molar-refractivity contribution in [2.24, 2.45) is 0 Å². The van der Waals surface area contributed by atoms with E-state index >= 15 is 0 Å². The van der Waals surface area contributed by atoms with Gasteiger partial charge in [0.1, 0.15) is 0 Å². The van der Waals surface area contributed by atoms with Gasteiger partial charge in [0.15, 0.2) is 0 Å². The van der Waals surface area contributed by atoms with Crippen molar-refractivity contribution in [1.29, 1.82) is 0 Å². The average molecular weight is 1380 g/mol. The molecule has 0 amide bonds. The van der Waals surface area contributed by atoms with Crippen LogP contribution in [-0.4, -0.2) is 222 Å². The average Bonchev–Trinajstić information content (AvgIpc) is 3.50. The van der Waals surface area contributed by atoms with Gasteiger partial charge in [-0.3, -0.25) is 7.32 Å². The molecule has 0 aromatic carbocycles. The van der Waals surface area contributed by atoms with E-state index in [1.165, 1.54) is 0 Å². The van der Waals surface area contributed by atoms with Gasteiger partial charge in [0.05, 0.1) is 183 Å². The van der Waals surface area contributed by atoms with Crippen LogP contribution in [0.1, 0.15) is 0 Å². The fraction of sp³-hybridized carbons (Fsp3) is 0.333. The minimum absolute atomic E-state index is 0. The summed E-state index contributed by atoms with van der Waals surface area (Å²) in [4.78, 5) is 0. The molecule has 0 radical (unpaired) electrons. The largest absolute Gasteiger partial charge is 1.00 e. The van der Waals surface area contributed by atoms with Crippen LogP contribution in [0.15, 0.2) is 354 Å². The van der Waals surface area contributed by atoms with Gasteiger partial charge in [-0.2, -0.15) is 0 Å². The second kappa shape index (κ2) is 82.5. The fourth-order valence-electron chi connectivity index (χ4n) is 10.8. The first-order valence-electron chi connectivity index (χ1n) is 32.4. The maximum atomic E-state index is 8.42. The third-order valence-electron chi connectivity index (χ3n) is 14.5. The fourth-order valence-corrected chi connectivity index (χ4v) is 10.8. The molecule has 0 saturated carbocycles. The molecule has 0 aliphatic heterocycles. The summed E-state index contributed by atoms with van der Waals surface area (Å²) in [6, 6.07) is 0. The molecule has 0 rings (SSSR count). The van der Waals surface area contributed by atoms with Crippen LogP contribution in [0, 0.1) is 0 Å². The van der Waals surface area contributed by atoms with Crippen LogP contribution in [0.4, 0.5) is 0 Å². The van der Waals surface area contributed by atoms with Crippen LogP contribution < -0.4 is 33.9 Å². The molecular formula is C84H140BF4N7O3. The molecule has 15 heteroatoms. The first-order valence-corrected chi connectivity index (χ1v) is 32.4. The van der Waals surface area contributed by atoms with Crippen molar-refractivity contribution >= 4 is 7.32 Å². The second-order valence-electron chi connectivity index (χ2n) is 22.9. The molecule has 0 fully saturated rings. The molecule has 0 aliphatic carbocycles. The first kappa shape index (κ1) is 118. The molecule has 0 heterocycles. The molecule has 0 unspecified atom stereocenters. The first-order chi connectivity index (χ1) is 45.4. The summed E-state index contributed by atoms with van der Waals surface area (Å²) in [5.41, 5.74) is 0. The Morgan fingerprint density at radius 3 is 0.182 bits per heavy atom. The van der Waals surface area contributed by atoms with Crippen LogP contribution >= 0.6 is 0 Å². The number of nitrogens with zero attached hydrogens (tertiary/aromatic N) is 7. The van der Waals surface area contributed by atoms with Gasteiger partial charge in [0, 0.05) is 0 Å². The Hall–Kier alpha value is -7.90. The van der Waals surface area contributed by atoms with Crippen molar-refractivity contribution in [3.05, 3.63) is 354 Å². The Morgan fingerprint density at radius 2 is 0.162 bits per heavy atom. The number of halogens is 4. The zero-order valence-electron chi connectivity index (χ0n) is 62.2. The molecule has 0 aromatic rings. The third kappa shape index (κ3) is 64.5. The number of hydrogen-bond donors (Lipinski definition) is 0. The highest BCUT2D eigenvalue weighted by molar-refractivity contribution is 6.24. The smallest absolute Gasteiger partial charge is 0.0978 e. The zero-order chi connectivity index (χ0) is 74.7. The monoisotopic (exact) mass is 1380 g/mol. The van der Waals surface area contributed by atoms with Crippen molar-refractivity contribution in [3.63, 3.8) is 0 Å². The highest BCUT2D eigenvalue weighted by atomic mass is 19.0. The van der Waals surface area contributed by atoms with Crippen LogP contribution in [0.3, 0.4) is 0 Å². The molecule has 0 bridgehead atoms. The normalized spacial score (nSPS) is 9.89. The van der Waals surface area contributed by atoms with Gasteiger partial charge in [-0.05, 0) is 170 Å². The maximum Gasteiger partial charge on any atom is 0.0978 e. The SMILES string of the molecule is C=CC[N+](CC=C)(CC=C)CC=C.C=CC[N+](CC=C)(CC=C)CC=C.C=CC[N+](CC=C)(CC=C)CC=C.C=CC[N+](CC=C)(CC=C)CC=C.C=CC[N+](CC=C)(CC=C)CC=C.C=CC[N+](CC=C)(CC=C)CC=C.C=CC[N+](CC=C)(CC=C)CC=C.[F-].[F-].[F-].[F-].[O-]B([O-])[O-]. The van der Waals surface area contributed by atoms with E-state index in [1.807, 2.05) is 170 Å². The molecule has 0 atom stereocenters. The van der Waals surface area contributed by atoms with Gasteiger partial charge >= 0.3 is 0 Å². The van der Waals surface area contributed by atoms with Crippen LogP contribution in [0.2, 0.25) is 0 Å². The van der Waals surface area contributed by atoms with Crippen molar-refractivity contribution < 1.29 is 65.3 Å². The summed E-state index contributed by atoms with van der Waals surface area (Å²) in [5.74, 6) is 0. The van der Waals surface area contributed by atoms with E-state index in [1.54, 1.807) is 0 Å². The molecule has 0 spiro atoms. The molecule has 0 saturated heterocycles. The van der Waals surface area contributed by atoms with Crippen LogP contribution in [0.5, 0.6) is 0 Å². The van der Waals surface area contributed by atoms with E-state index in [0.717, 1.165) is 215 Å². The predicted molar refractivity (Wildman–Crippen MR) is 429 cm³/mol. The highest BCUT2D eigenvalue weighted by Gasteiger charge is 2.25. The molecule has 0 aromatic heterocycles. The summed E-state index contributed by atoms with van der Waals surface area (Å²) < 4.78 is 6.32. The van der Waals surface area contributed by atoms with E-state index < -0.39 is 7.32 Å². The quantitative estimate of drug-likeness (QED) is 0.0405. The maximum absolute atomic E-state index is 8.42. The molecule has 560 valence electrons.